The van der Waals surface area contributed by atoms with Crippen LogP contribution in [0.2, 0.25) is 0 Å². The minimum absolute atomic E-state index is 0.0389. The summed E-state index contributed by atoms with van der Waals surface area (Å²) in [6.45, 7) is 0.226. The van der Waals surface area contributed by atoms with Crippen molar-refractivity contribution >= 4 is 31.8 Å². The minimum Gasteiger partial charge on any atom is -0.464 e. The second-order valence-corrected chi connectivity index (χ2v) is 6.97. The molecule has 1 aliphatic heterocycles. The van der Waals surface area contributed by atoms with Crippen LogP contribution in [0.3, 0.4) is 0 Å². The average Bonchev–Trinajstić information content (AvgIpc) is 2.90. The van der Waals surface area contributed by atoms with E-state index in [1.54, 1.807) is 6.07 Å². The number of aromatic nitrogens is 1. The fraction of sp³-hybridized carbons (Fsp3) is 0.222. The van der Waals surface area contributed by atoms with Gasteiger partial charge in [0.1, 0.15) is 17.6 Å². The highest BCUT2D eigenvalue weighted by Crippen LogP contribution is 2.27. The third kappa shape index (κ3) is 3.15. The summed E-state index contributed by atoms with van der Waals surface area (Å²) in [5, 5.41) is 12.3. The lowest BCUT2D eigenvalue weighted by molar-refractivity contribution is 0.172. The predicted octanol–water partition coefficient (Wildman–Crippen LogP) is 1.13. The van der Waals surface area contributed by atoms with Crippen molar-refractivity contribution in [2.24, 2.45) is 5.16 Å². The molecule has 10 heteroatoms. The molecule has 1 aromatic rings. The molecule has 0 fully saturated rings. The summed E-state index contributed by atoms with van der Waals surface area (Å²) in [4.78, 5) is 19.4. The van der Waals surface area contributed by atoms with Crippen molar-refractivity contribution in [2.45, 2.75) is 11.4 Å². The van der Waals surface area contributed by atoms with E-state index >= 15 is 0 Å². The van der Waals surface area contributed by atoms with E-state index in [1.807, 2.05) is 0 Å². The Bertz CT molecular complexity index is 602. The van der Waals surface area contributed by atoms with Crippen LogP contribution in [0, 0.1) is 0 Å². The van der Waals surface area contributed by atoms with Crippen LogP contribution < -0.4 is 0 Å². The van der Waals surface area contributed by atoms with Crippen molar-refractivity contribution in [1.29, 1.82) is 0 Å². The van der Waals surface area contributed by atoms with Crippen LogP contribution in [-0.4, -0.2) is 41.3 Å². The molecule has 0 unspecified atom stereocenters. The first-order chi connectivity index (χ1) is 9.00. The second kappa shape index (κ2) is 5.45. The van der Waals surface area contributed by atoms with Gasteiger partial charge in [-0.2, -0.15) is 4.31 Å². The Labute approximate surface area is 112 Å². The Morgan fingerprint density at radius 3 is 2.79 bits per heavy atom. The number of pyridine rings is 1. The van der Waals surface area contributed by atoms with Crippen LogP contribution in [0.25, 0.3) is 0 Å². The number of amidine groups is 1. The van der Waals surface area contributed by atoms with Gasteiger partial charge in [-0.1, -0.05) is 11.2 Å². The van der Waals surface area contributed by atoms with E-state index in [4.69, 9.17) is 5.11 Å². The average molecular weight is 303 g/mol. The Morgan fingerprint density at radius 1 is 1.47 bits per heavy atom. The summed E-state index contributed by atoms with van der Waals surface area (Å²) in [6.07, 6.45) is 0.111. The third-order valence-corrected chi connectivity index (χ3v) is 5.08. The van der Waals surface area contributed by atoms with Gasteiger partial charge in [0.25, 0.3) is 8.87 Å². The Morgan fingerprint density at radius 2 is 2.26 bits per heavy atom. The van der Waals surface area contributed by atoms with Crippen molar-refractivity contribution < 1.29 is 23.2 Å². The molecule has 1 amide bonds. The smallest absolute Gasteiger partial charge is 0.424 e. The van der Waals surface area contributed by atoms with E-state index < -0.39 is 15.0 Å². The molecule has 0 bridgehead atoms. The lowest BCUT2D eigenvalue weighted by Gasteiger charge is -2.14. The Balaban J connectivity index is 2.24. The zero-order valence-corrected chi connectivity index (χ0v) is 11.1. The fourth-order valence-corrected chi connectivity index (χ4v) is 3.80. The number of rotatable bonds is 3. The molecule has 0 aliphatic carbocycles. The van der Waals surface area contributed by atoms with Gasteiger partial charge in [0.15, 0.2) is 10.9 Å². The maximum atomic E-state index is 12.0. The molecule has 0 saturated heterocycles. The van der Waals surface area contributed by atoms with Crippen molar-refractivity contribution in [3.05, 3.63) is 24.4 Å². The highest BCUT2D eigenvalue weighted by Gasteiger charge is 2.31. The highest BCUT2D eigenvalue weighted by molar-refractivity contribution is 8.71. The maximum Gasteiger partial charge on any atom is 0.424 e. The molecule has 2 rings (SSSR count). The first-order valence-electron chi connectivity index (χ1n) is 5.08. The SMILES string of the molecule is O=C(O)N(SS(=O)(=O)c1ccccn1)C1=NOCC1. The van der Waals surface area contributed by atoms with Crippen LogP contribution in [0.4, 0.5) is 4.79 Å². The van der Waals surface area contributed by atoms with Crippen molar-refractivity contribution in [1.82, 2.24) is 9.29 Å². The van der Waals surface area contributed by atoms with Crippen LogP contribution >= 0.6 is 11.0 Å². The van der Waals surface area contributed by atoms with Crippen molar-refractivity contribution in [3.63, 3.8) is 0 Å². The minimum atomic E-state index is -3.93. The van der Waals surface area contributed by atoms with E-state index in [-0.39, 0.29) is 34.9 Å². The lowest BCUT2D eigenvalue weighted by Crippen LogP contribution is -2.30. The molecular weight excluding hydrogens is 294 g/mol. The van der Waals surface area contributed by atoms with Crippen LogP contribution in [0.1, 0.15) is 6.42 Å². The van der Waals surface area contributed by atoms with Crippen LogP contribution in [0.15, 0.2) is 34.6 Å². The largest absolute Gasteiger partial charge is 0.464 e. The van der Waals surface area contributed by atoms with E-state index in [9.17, 15) is 13.2 Å². The van der Waals surface area contributed by atoms with Gasteiger partial charge < -0.3 is 9.94 Å². The number of amides is 1. The number of carboxylic acid groups (broad SMARTS) is 1. The summed E-state index contributed by atoms with van der Waals surface area (Å²) in [5.41, 5.74) is 0. The first kappa shape index (κ1) is 13.6. The zero-order valence-electron chi connectivity index (χ0n) is 9.46. The van der Waals surface area contributed by atoms with Gasteiger partial charge >= 0.3 is 6.09 Å². The maximum absolute atomic E-state index is 12.0. The van der Waals surface area contributed by atoms with E-state index in [0.29, 0.717) is 4.31 Å². The topological polar surface area (TPSA) is 109 Å². The van der Waals surface area contributed by atoms with Gasteiger partial charge in [-0.15, -0.1) is 0 Å². The molecule has 1 aliphatic rings. The quantitative estimate of drug-likeness (QED) is 0.658. The van der Waals surface area contributed by atoms with Gasteiger partial charge in [0.05, 0.1) is 0 Å². The first-order valence-corrected chi connectivity index (χ1v) is 7.85. The highest BCUT2D eigenvalue weighted by atomic mass is 33.1. The van der Waals surface area contributed by atoms with Crippen LogP contribution in [0.5, 0.6) is 0 Å². The molecule has 1 N–H and O–H groups in total. The molecule has 19 heavy (non-hydrogen) atoms. The van der Waals surface area contributed by atoms with Gasteiger partial charge in [-0.05, 0) is 12.1 Å². The molecule has 0 saturated carbocycles. The number of oxime groups is 1. The Hall–Kier alpha value is -1.81. The molecule has 102 valence electrons. The number of hydrogen-bond acceptors (Lipinski definition) is 7. The summed E-state index contributed by atoms with van der Waals surface area (Å²) >= 11 is 0. The third-order valence-electron chi connectivity index (χ3n) is 2.06. The molecule has 0 atom stereocenters. The van der Waals surface area contributed by atoms with Gasteiger partial charge in [-0.3, -0.25) is 0 Å². The van der Waals surface area contributed by atoms with E-state index in [0.717, 1.165) is 0 Å². The lowest BCUT2D eigenvalue weighted by atomic mass is 10.4. The van der Waals surface area contributed by atoms with Crippen LogP contribution in [-0.2, 0) is 13.7 Å². The number of hydrogen-bond donors (Lipinski definition) is 1. The van der Waals surface area contributed by atoms with Gasteiger partial charge in [0, 0.05) is 12.6 Å². The normalized spacial score (nSPS) is 14.6. The zero-order chi connectivity index (χ0) is 13.9. The summed E-state index contributed by atoms with van der Waals surface area (Å²) in [5.74, 6) is 0.0389. The monoisotopic (exact) mass is 303 g/mol. The molecular formula is C9H9N3O5S2. The summed E-state index contributed by atoms with van der Waals surface area (Å²) in [7, 11) is -3.79. The predicted molar refractivity (Wildman–Crippen MR) is 66.9 cm³/mol. The summed E-state index contributed by atoms with van der Waals surface area (Å²) in [6, 6.07) is 4.35. The molecule has 0 aromatic carbocycles. The fourth-order valence-electron chi connectivity index (χ4n) is 1.26. The second-order valence-electron chi connectivity index (χ2n) is 3.36. The van der Waals surface area contributed by atoms with Crippen molar-refractivity contribution in [2.75, 3.05) is 6.61 Å². The molecule has 2 heterocycles. The van der Waals surface area contributed by atoms with E-state index in [2.05, 4.69) is 15.0 Å². The molecule has 1 aromatic heterocycles. The van der Waals surface area contributed by atoms with Crippen molar-refractivity contribution in [3.8, 4) is 0 Å². The van der Waals surface area contributed by atoms with E-state index in [1.165, 1.54) is 18.3 Å². The molecule has 0 spiro atoms. The molecule has 8 nitrogen and oxygen atoms in total. The summed E-state index contributed by atoms with van der Waals surface area (Å²) < 4.78 is 24.6. The standard InChI is InChI=1S/C9H9N3O5S2/c13-9(14)12(7-4-6-17-11-7)18-19(15,16)8-3-1-2-5-10-8/h1-3,5H,4,6H2,(H,13,14). The van der Waals surface area contributed by atoms with Gasteiger partial charge in [-0.25, -0.2) is 18.2 Å². The number of carbonyl (C=O) groups is 1. The number of nitrogens with zero attached hydrogens (tertiary/aromatic N) is 3. The molecule has 0 radical (unpaired) electrons. The van der Waals surface area contributed by atoms with Gasteiger partial charge in [0.2, 0.25) is 0 Å². The Kier molecular flexibility index (Phi) is 3.90.